The lowest BCUT2D eigenvalue weighted by molar-refractivity contribution is 0.486. The molecule has 2 rings (SSSR count). The second kappa shape index (κ2) is 5.10. The fourth-order valence-corrected chi connectivity index (χ4v) is 2.70. The fraction of sp³-hybridized carbons (Fsp3) is 0.500. The van der Waals surface area contributed by atoms with Gasteiger partial charge in [0, 0.05) is 16.7 Å². The van der Waals surface area contributed by atoms with Crippen LogP contribution in [0.1, 0.15) is 38.2 Å². The van der Waals surface area contributed by atoms with Crippen molar-refractivity contribution in [2.24, 2.45) is 5.41 Å². The highest BCUT2D eigenvalue weighted by atomic mass is 79.9. The van der Waals surface area contributed by atoms with Crippen molar-refractivity contribution in [3.8, 4) is 6.07 Å². The smallest absolute Gasteiger partial charge is 0.100 e. The van der Waals surface area contributed by atoms with E-state index in [2.05, 4.69) is 34.2 Å². The van der Waals surface area contributed by atoms with E-state index < -0.39 is 0 Å². The average molecular weight is 293 g/mol. The van der Waals surface area contributed by atoms with E-state index in [1.165, 1.54) is 25.7 Å². The molecule has 0 saturated heterocycles. The molecule has 0 spiro atoms. The molecule has 1 aromatic carbocycles. The Balaban J connectivity index is 1.96. The number of nitrogens with zero attached hydrogens (tertiary/aromatic N) is 1. The number of anilines is 1. The molecule has 1 fully saturated rings. The highest BCUT2D eigenvalue weighted by molar-refractivity contribution is 9.10. The van der Waals surface area contributed by atoms with Crippen LogP contribution in [-0.4, -0.2) is 6.54 Å². The normalized spacial score (nSPS) is 16.3. The summed E-state index contributed by atoms with van der Waals surface area (Å²) in [7, 11) is 0. The summed E-state index contributed by atoms with van der Waals surface area (Å²) >= 11 is 3.41. The average Bonchev–Trinajstić information content (AvgIpc) is 3.08. The van der Waals surface area contributed by atoms with Crippen LogP contribution in [-0.2, 0) is 0 Å². The maximum atomic E-state index is 8.85. The molecular formula is C14H17BrN2. The molecule has 0 bridgehead atoms. The quantitative estimate of drug-likeness (QED) is 0.878. The maximum absolute atomic E-state index is 8.85. The number of benzene rings is 1. The third-order valence-electron chi connectivity index (χ3n) is 3.49. The summed E-state index contributed by atoms with van der Waals surface area (Å²) < 4.78 is 0.866. The van der Waals surface area contributed by atoms with Crippen LogP contribution in [0.3, 0.4) is 0 Å². The van der Waals surface area contributed by atoms with Crippen LogP contribution in [0.2, 0.25) is 0 Å². The van der Waals surface area contributed by atoms with Gasteiger partial charge in [0.2, 0.25) is 0 Å². The van der Waals surface area contributed by atoms with Crippen LogP contribution in [0.5, 0.6) is 0 Å². The summed E-state index contributed by atoms with van der Waals surface area (Å²) in [6.45, 7) is 3.30. The number of nitrogens with one attached hydrogen (secondary N) is 1. The Morgan fingerprint density at radius 3 is 2.76 bits per heavy atom. The van der Waals surface area contributed by atoms with Gasteiger partial charge in [0.25, 0.3) is 0 Å². The van der Waals surface area contributed by atoms with Gasteiger partial charge in [-0.1, -0.05) is 13.3 Å². The van der Waals surface area contributed by atoms with E-state index in [4.69, 9.17) is 5.26 Å². The SMILES string of the molecule is CCCC1(CNc2ccc(C#N)c(Br)c2)CC1. The van der Waals surface area contributed by atoms with Crippen molar-refractivity contribution in [1.29, 1.82) is 5.26 Å². The van der Waals surface area contributed by atoms with Gasteiger partial charge in [-0.05, 0) is 58.8 Å². The van der Waals surface area contributed by atoms with Crippen molar-refractivity contribution >= 4 is 21.6 Å². The fourth-order valence-electron chi connectivity index (χ4n) is 2.23. The first-order chi connectivity index (χ1) is 8.19. The number of hydrogen-bond acceptors (Lipinski definition) is 2. The molecule has 17 heavy (non-hydrogen) atoms. The van der Waals surface area contributed by atoms with Gasteiger partial charge in [0.1, 0.15) is 6.07 Å². The van der Waals surface area contributed by atoms with Gasteiger partial charge in [0.05, 0.1) is 5.56 Å². The molecule has 0 heterocycles. The Labute approximate surface area is 111 Å². The minimum Gasteiger partial charge on any atom is -0.384 e. The Morgan fingerprint density at radius 2 is 2.24 bits per heavy atom. The van der Waals surface area contributed by atoms with Crippen molar-refractivity contribution in [3.05, 3.63) is 28.2 Å². The lowest BCUT2D eigenvalue weighted by Crippen LogP contribution is -2.15. The summed E-state index contributed by atoms with van der Waals surface area (Å²) in [4.78, 5) is 0. The number of hydrogen-bond donors (Lipinski definition) is 1. The van der Waals surface area contributed by atoms with Crippen molar-refractivity contribution in [2.75, 3.05) is 11.9 Å². The first kappa shape index (κ1) is 12.4. The molecule has 0 aromatic heterocycles. The van der Waals surface area contributed by atoms with Crippen LogP contribution in [0.25, 0.3) is 0 Å². The molecule has 0 atom stereocenters. The summed E-state index contributed by atoms with van der Waals surface area (Å²) in [5.74, 6) is 0. The Morgan fingerprint density at radius 1 is 1.47 bits per heavy atom. The largest absolute Gasteiger partial charge is 0.384 e. The molecule has 0 amide bonds. The molecule has 1 saturated carbocycles. The number of rotatable bonds is 5. The van der Waals surface area contributed by atoms with Crippen LogP contribution < -0.4 is 5.32 Å². The molecule has 0 unspecified atom stereocenters. The van der Waals surface area contributed by atoms with E-state index in [-0.39, 0.29) is 0 Å². The minimum atomic E-state index is 0.551. The monoisotopic (exact) mass is 292 g/mol. The third kappa shape index (κ3) is 3.01. The van der Waals surface area contributed by atoms with Crippen molar-refractivity contribution in [2.45, 2.75) is 32.6 Å². The van der Waals surface area contributed by atoms with Gasteiger partial charge in [0.15, 0.2) is 0 Å². The van der Waals surface area contributed by atoms with Gasteiger partial charge >= 0.3 is 0 Å². The van der Waals surface area contributed by atoms with Crippen LogP contribution >= 0.6 is 15.9 Å². The predicted molar refractivity (Wildman–Crippen MR) is 73.9 cm³/mol. The topological polar surface area (TPSA) is 35.8 Å². The minimum absolute atomic E-state index is 0.551. The van der Waals surface area contributed by atoms with Crippen LogP contribution in [0, 0.1) is 16.7 Å². The Kier molecular flexibility index (Phi) is 3.73. The van der Waals surface area contributed by atoms with E-state index in [1.54, 1.807) is 0 Å². The van der Waals surface area contributed by atoms with Crippen LogP contribution in [0.4, 0.5) is 5.69 Å². The van der Waals surface area contributed by atoms with Gasteiger partial charge < -0.3 is 5.32 Å². The van der Waals surface area contributed by atoms with Crippen molar-refractivity contribution in [3.63, 3.8) is 0 Å². The third-order valence-corrected chi connectivity index (χ3v) is 4.15. The molecule has 90 valence electrons. The predicted octanol–water partition coefficient (Wildman–Crippen LogP) is 4.31. The molecule has 1 aliphatic rings. The first-order valence-electron chi connectivity index (χ1n) is 6.13. The molecular weight excluding hydrogens is 276 g/mol. The van der Waals surface area contributed by atoms with E-state index in [0.29, 0.717) is 11.0 Å². The molecule has 0 radical (unpaired) electrons. The van der Waals surface area contributed by atoms with Gasteiger partial charge in [-0.15, -0.1) is 0 Å². The Hall–Kier alpha value is -1.01. The van der Waals surface area contributed by atoms with Crippen molar-refractivity contribution in [1.82, 2.24) is 0 Å². The summed E-state index contributed by atoms with van der Waals surface area (Å²) in [5.41, 5.74) is 2.33. The summed E-state index contributed by atoms with van der Waals surface area (Å²) in [6, 6.07) is 7.97. The lowest BCUT2D eigenvalue weighted by atomic mass is 10.0. The molecule has 0 aliphatic heterocycles. The Bertz CT molecular complexity index is 444. The molecule has 1 aliphatic carbocycles. The second-order valence-electron chi connectivity index (χ2n) is 4.91. The molecule has 2 nitrogen and oxygen atoms in total. The second-order valence-corrected chi connectivity index (χ2v) is 5.76. The van der Waals surface area contributed by atoms with Gasteiger partial charge in [-0.25, -0.2) is 0 Å². The zero-order valence-corrected chi connectivity index (χ0v) is 11.7. The first-order valence-corrected chi connectivity index (χ1v) is 6.92. The van der Waals surface area contributed by atoms with E-state index in [9.17, 15) is 0 Å². The highest BCUT2D eigenvalue weighted by Crippen LogP contribution is 2.49. The van der Waals surface area contributed by atoms with E-state index in [1.807, 2.05) is 18.2 Å². The molecule has 1 N–H and O–H groups in total. The molecule has 1 aromatic rings. The standard InChI is InChI=1S/C14H17BrN2/c1-2-5-14(6-7-14)10-17-12-4-3-11(9-16)13(15)8-12/h3-4,8,17H,2,5-7,10H2,1H3. The van der Waals surface area contributed by atoms with E-state index >= 15 is 0 Å². The summed E-state index contributed by atoms with van der Waals surface area (Å²) in [5, 5.41) is 12.3. The van der Waals surface area contributed by atoms with Gasteiger partial charge in [-0.3, -0.25) is 0 Å². The number of halogens is 1. The summed E-state index contributed by atoms with van der Waals surface area (Å²) in [6.07, 6.45) is 5.28. The lowest BCUT2D eigenvalue weighted by Gasteiger charge is -2.16. The molecule has 3 heteroatoms. The highest BCUT2D eigenvalue weighted by Gasteiger charge is 2.40. The number of nitriles is 1. The van der Waals surface area contributed by atoms with Crippen molar-refractivity contribution < 1.29 is 0 Å². The maximum Gasteiger partial charge on any atom is 0.100 e. The van der Waals surface area contributed by atoms with E-state index in [0.717, 1.165) is 16.7 Å². The van der Waals surface area contributed by atoms with Crippen LogP contribution in [0.15, 0.2) is 22.7 Å². The van der Waals surface area contributed by atoms with Gasteiger partial charge in [-0.2, -0.15) is 5.26 Å². The zero-order chi connectivity index (χ0) is 12.3. The zero-order valence-electron chi connectivity index (χ0n) is 10.1.